The van der Waals surface area contributed by atoms with Gasteiger partial charge < -0.3 is 4.74 Å². The average Bonchev–Trinajstić information content (AvgIpc) is 2.35. The fourth-order valence-electron chi connectivity index (χ4n) is 0.901. The molecule has 0 aliphatic heterocycles. The number of hydrogen-bond donors (Lipinski definition) is 0. The van der Waals surface area contributed by atoms with Crippen molar-refractivity contribution in [2.24, 2.45) is 0 Å². The van der Waals surface area contributed by atoms with E-state index in [1.807, 2.05) is 39.0 Å². The maximum atomic E-state index is 11.3. The highest BCUT2D eigenvalue weighted by Crippen LogP contribution is 2.14. The lowest BCUT2D eigenvalue weighted by Gasteiger charge is -2.20. The number of carbonyl (C=O) groups excluding carboxylic acids is 1. The van der Waals surface area contributed by atoms with Gasteiger partial charge in [-0.05, 0) is 32.4 Å². The van der Waals surface area contributed by atoms with Crippen LogP contribution in [-0.4, -0.2) is 18.2 Å². The molecule has 0 aliphatic rings. The van der Waals surface area contributed by atoms with Gasteiger partial charge in [0, 0.05) is 0 Å². The number of rotatable bonds is 6. The maximum absolute atomic E-state index is 11.3. The lowest BCUT2D eigenvalue weighted by Crippen LogP contribution is -2.27. The van der Waals surface area contributed by atoms with E-state index in [2.05, 4.69) is 4.89 Å². The molecule has 0 fully saturated rings. The zero-order chi connectivity index (χ0) is 12.7. The van der Waals surface area contributed by atoms with E-state index in [0.717, 1.165) is 6.42 Å². The minimum Gasteiger partial charge on any atom is -0.482 e. The minimum absolute atomic E-state index is 0.163. The first kappa shape index (κ1) is 13.5. The lowest BCUT2D eigenvalue weighted by atomic mass is 10.1. The fourth-order valence-corrected chi connectivity index (χ4v) is 0.901. The van der Waals surface area contributed by atoms with Crippen molar-refractivity contribution in [3.05, 3.63) is 30.3 Å². The molecule has 4 nitrogen and oxygen atoms in total. The Morgan fingerprint density at radius 1 is 1.24 bits per heavy atom. The van der Waals surface area contributed by atoms with Gasteiger partial charge in [-0.25, -0.2) is 4.79 Å². The van der Waals surface area contributed by atoms with Crippen LogP contribution in [-0.2, 0) is 14.6 Å². The zero-order valence-corrected chi connectivity index (χ0v) is 10.4. The Hall–Kier alpha value is -1.55. The van der Waals surface area contributed by atoms with Crippen molar-refractivity contribution in [3.63, 3.8) is 0 Å². The summed E-state index contributed by atoms with van der Waals surface area (Å²) in [6, 6.07) is 9.07. The lowest BCUT2D eigenvalue weighted by molar-refractivity contribution is -0.326. The van der Waals surface area contributed by atoms with E-state index in [1.165, 1.54) is 0 Å². The summed E-state index contributed by atoms with van der Waals surface area (Å²) < 4.78 is 5.21. The first-order valence-corrected chi connectivity index (χ1v) is 5.60. The van der Waals surface area contributed by atoms with Crippen LogP contribution in [0.15, 0.2) is 30.3 Å². The molecule has 0 atom stereocenters. The molecule has 17 heavy (non-hydrogen) atoms. The van der Waals surface area contributed by atoms with Gasteiger partial charge in [-0.15, -0.1) is 0 Å². The largest absolute Gasteiger partial charge is 0.482 e. The Morgan fingerprint density at radius 3 is 2.47 bits per heavy atom. The molecule has 1 aromatic carbocycles. The third-order valence-corrected chi connectivity index (χ3v) is 2.31. The molecule has 0 bridgehead atoms. The van der Waals surface area contributed by atoms with Crippen molar-refractivity contribution in [1.82, 2.24) is 0 Å². The molecule has 94 valence electrons. The van der Waals surface area contributed by atoms with Crippen molar-refractivity contribution >= 4 is 5.97 Å². The highest BCUT2D eigenvalue weighted by Gasteiger charge is 2.19. The van der Waals surface area contributed by atoms with E-state index in [9.17, 15) is 4.79 Å². The summed E-state index contributed by atoms with van der Waals surface area (Å²) in [5, 5.41) is 0. The molecule has 1 rings (SSSR count). The number of para-hydroxylation sites is 1. The van der Waals surface area contributed by atoms with Crippen molar-refractivity contribution in [3.8, 4) is 5.75 Å². The second-order valence-corrected chi connectivity index (χ2v) is 4.25. The molecule has 1 aromatic rings. The predicted molar refractivity (Wildman–Crippen MR) is 63.5 cm³/mol. The van der Waals surface area contributed by atoms with E-state index in [0.29, 0.717) is 5.75 Å². The van der Waals surface area contributed by atoms with Crippen LogP contribution in [0.2, 0.25) is 0 Å². The molecular weight excluding hydrogens is 220 g/mol. The van der Waals surface area contributed by atoms with E-state index in [1.54, 1.807) is 12.1 Å². The minimum atomic E-state index is -0.546. The third-order valence-electron chi connectivity index (χ3n) is 2.31. The molecule has 0 aromatic heterocycles. The monoisotopic (exact) mass is 238 g/mol. The van der Waals surface area contributed by atoms with E-state index in [4.69, 9.17) is 9.62 Å². The van der Waals surface area contributed by atoms with Crippen LogP contribution in [0.1, 0.15) is 27.2 Å². The van der Waals surface area contributed by atoms with Gasteiger partial charge in [-0.2, -0.15) is 4.89 Å². The molecule has 0 spiro atoms. The topological polar surface area (TPSA) is 44.8 Å². The highest BCUT2D eigenvalue weighted by molar-refractivity contribution is 5.70. The Bertz CT molecular complexity index is 346. The van der Waals surface area contributed by atoms with Gasteiger partial charge in [0.1, 0.15) is 11.4 Å². The van der Waals surface area contributed by atoms with Gasteiger partial charge in [-0.3, -0.25) is 4.89 Å². The number of ether oxygens (including phenoxy) is 1. The van der Waals surface area contributed by atoms with Crippen molar-refractivity contribution in [1.29, 1.82) is 0 Å². The van der Waals surface area contributed by atoms with Gasteiger partial charge in [0.15, 0.2) is 6.61 Å². The summed E-state index contributed by atoms with van der Waals surface area (Å²) in [4.78, 5) is 21.0. The standard InChI is InChI=1S/C13H18O4/c1-4-13(2,3)17-16-12(14)10-15-11-8-6-5-7-9-11/h5-9H,4,10H2,1-3H3. The summed E-state index contributed by atoms with van der Waals surface area (Å²) in [5.74, 6) is 0.0783. The smallest absolute Gasteiger partial charge is 0.379 e. The Kier molecular flexibility index (Phi) is 4.97. The Labute approximate surface area is 101 Å². The summed E-state index contributed by atoms with van der Waals surface area (Å²) in [7, 11) is 0. The molecule has 0 amide bonds. The molecular formula is C13H18O4. The number of carbonyl (C=O) groups is 1. The first-order chi connectivity index (χ1) is 8.03. The SMILES string of the molecule is CCC(C)(C)OOC(=O)COc1ccccc1. The van der Waals surface area contributed by atoms with Gasteiger partial charge in [0.05, 0.1) is 0 Å². The normalized spacial score (nSPS) is 11.0. The van der Waals surface area contributed by atoms with E-state index in [-0.39, 0.29) is 6.61 Å². The zero-order valence-electron chi connectivity index (χ0n) is 10.4. The molecule has 0 heterocycles. The highest BCUT2D eigenvalue weighted by atomic mass is 17.2. The van der Waals surface area contributed by atoms with Crippen LogP contribution in [0.4, 0.5) is 0 Å². The quantitative estimate of drug-likeness (QED) is 0.564. The van der Waals surface area contributed by atoms with E-state index >= 15 is 0 Å². The second-order valence-electron chi connectivity index (χ2n) is 4.25. The summed E-state index contributed by atoms with van der Waals surface area (Å²) in [6.45, 7) is 5.48. The molecule has 0 radical (unpaired) electrons. The van der Waals surface area contributed by atoms with Crippen LogP contribution in [0.25, 0.3) is 0 Å². The van der Waals surface area contributed by atoms with Crippen LogP contribution in [0.3, 0.4) is 0 Å². The predicted octanol–water partition coefficient (Wildman–Crippen LogP) is 2.73. The van der Waals surface area contributed by atoms with Crippen molar-refractivity contribution in [2.75, 3.05) is 6.61 Å². The van der Waals surface area contributed by atoms with Gasteiger partial charge >= 0.3 is 5.97 Å². The maximum Gasteiger partial charge on any atom is 0.379 e. The van der Waals surface area contributed by atoms with Crippen molar-refractivity contribution < 1.29 is 19.3 Å². The van der Waals surface area contributed by atoms with Gasteiger partial charge in [0.2, 0.25) is 0 Å². The van der Waals surface area contributed by atoms with Crippen LogP contribution < -0.4 is 4.74 Å². The Morgan fingerprint density at radius 2 is 1.88 bits per heavy atom. The summed E-state index contributed by atoms with van der Waals surface area (Å²) in [5.41, 5.74) is -0.470. The number of benzene rings is 1. The molecule has 0 N–H and O–H groups in total. The second kappa shape index (κ2) is 6.25. The van der Waals surface area contributed by atoms with Crippen LogP contribution in [0, 0.1) is 0 Å². The van der Waals surface area contributed by atoms with Crippen molar-refractivity contribution in [2.45, 2.75) is 32.8 Å². The number of hydrogen-bond acceptors (Lipinski definition) is 4. The average molecular weight is 238 g/mol. The van der Waals surface area contributed by atoms with E-state index < -0.39 is 11.6 Å². The summed E-state index contributed by atoms with van der Waals surface area (Å²) in [6.07, 6.45) is 0.750. The molecule has 0 aliphatic carbocycles. The molecule has 0 unspecified atom stereocenters. The van der Waals surface area contributed by atoms with Gasteiger partial charge in [0.25, 0.3) is 0 Å². The van der Waals surface area contributed by atoms with Crippen LogP contribution in [0.5, 0.6) is 5.75 Å². The Balaban J connectivity index is 2.27. The van der Waals surface area contributed by atoms with Gasteiger partial charge in [-0.1, -0.05) is 25.1 Å². The fraction of sp³-hybridized carbons (Fsp3) is 0.462. The molecule has 0 saturated carbocycles. The molecule has 0 saturated heterocycles. The first-order valence-electron chi connectivity index (χ1n) is 5.60. The third kappa shape index (κ3) is 5.36. The van der Waals surface area contributed by atoms with Crippen LogP contribution >= 0.6 is 0 Å². The summed E-state index contributed by atoms with van der Waals surface area (Å²) >= 11 is 0. The molecule has 4 heteroatoms.